The maximum absolute atomic E-state index is 13.7. The first-order chi connectivity index (χ1) is 10.1. The van der Waals surface area contributed by atoms with E-state index in [0.29, 0.717) is 12.0 Å². The molecule has 0 saturated carbocycles. The van der Waals surface area contributed by atoms with Crippen molar-refractivity contribution in [3.05, 3.63) is 46.7 Å². The summed E-state index contributed by atoms with van der Waals surface area (Å²) in [5, 5.41) is 8.03. The molecule has 0 radical (unpaired) electrons. The van der Waals surface area contributed by atoms with Gasteiger partial charge in [0, 0.05) is 12.1 Å². The largest absolute Gasteiger partial charge is 0.434 e. The molecule has 0 fully saturated rings. The molecule has 21 heavy (non-hydrogen) atoms. The van der Waals surface area contributed by atoms with Crippen LogP contribution in [0.5, 0.6) is 11.6 Å². The minimum Gasteiger partial charge on any atom is -0.434 e. The van der Waals surface area contributed by atoms with Crippen molar-refractivity contribution < 1.29 is 13.5 Å². The molecule has 0 spiro atoms. The lowest BCUT2D eigenvalue weighted by atomic mass is 10.0. The Morgan fingerprint density at radius 2 is 1.86 bits per heavy atom. The predicted molar refractivity (Wildman–Crippen MR) is 75.1 cm³/mol. The van der Waals surface area contributed by atoms with E-state index in [4.69, 9.17) is 10.5 Å². The van der Waals surface area contributed by atoms with Crippen molar-refractivity contribution in [2.24, 2.45) is 5.73 Å². The zero-order chi connectivity index (χ0) is 15.4. The molecule has 2 N–H and O–H groups in total. The lowest BCUT2D eigenvalue weighted by Gasteiger charge is -2.14. The molecule has 0 unspecified atom stereocenters. The maximum Gasteiger partial charge on any atom is 0.243 e. The van der Waals surface area contributed by atoms with Crippen LogP contribution in [0.3, 0.4) is 0 Å². The summed E-state index contributed by atoms with van der Waals surface area (Å²) in [6, 6.07) is 3.72. The molecule has 4 nitrogen and oxygen atoms in total. The fraction of sp³-hybridized carbons (Fsp3) is 0.333. The van der Waals surface area contributed by atoms with Crippen LogP contribution in [0.15, 0.2) is 18.2 Å². The number of hydrogen-bond acceptors (Lipinski definition) is 4. The first-order valence-electron chi connectivity index (χ1n) is 6.81. The summed E-state index contributed by atoms with van der Waals surface area (Å²) in [5.74, 6) is -2.14. The standard InChI is InChI=1S/C15H17F2N3O/c1-3-9-10(8-18)15(20-19-12(9)4-2)21-13-7-5-6-11(16)14(13)17/h5-7H,3-4,8,18H2,1-2H3. The molecule has 0 saturated heterocycles. The molecule has 0 atom stereocenters. The summed E-state index contributed by atoms with van der Waals surface area (Å²) in [6.45, 7) is 4.14. The number of halogens is 2. The van der Waals surface area contributed by atoms with Crippen molar-refractivity contribution in [3.63, 3.8) is 0 Å². The van der Waals surface area contributed by atoms with Gasteiger partial charge in [-0.3, -0.25) is 0 Å². The SMILES string of the molecule is CCc1nnc(Oc2cccc(F)c2F)c(CN)c1CC. The highest BCUT2D eigenvalue weighted by Crippen LogP contribution is 2.29. The van der Waals surface area contributed by atoms with Gasteiger partial charge in [-0.2, -0.15) is 9.49 Å². The number of benzene rings is 1. The minimum absolute atomic E-state index is 0.121. The van der Waals surface area contributed by atoms with E-state index in [1.165, 1.54) is 12.1 Å². The van der Waals surface area contributed by atoms with E-state index < -0.39 is 11.6 Å². The molecular formula is C15H17F2N3O. The van der Waals surface area contributed by atoms with Crippen LogP contribution < -0.4 is 10.5 Å². The van der Waals surface area contributed by atoms with Gasteiger partial charge in [-0.25, -0.2) is 4.39 Å². The van der Waals surface area contributed by atoms with Gasteiger partial charge in [0.05, 0.1) is 5.69 Å². The average Bonchev–Trinajstić information content (AvgIpc) is 2.51. The summed E-state index contributed by atoms with van der Waals surface area (Å²) >= 11 is 0. The average molecular weight is 293 g/mol. The first kappa shape index (κ1) is 15.3. The van der Waals surface area contributed by atoms with E-state index in [1.807, 2.05) is 13.8 Å². The first-order valence-corrected chi connectivity index (χ1v) is 6.81. The van der Waals surface area contributed by atoms with Crippen molar-refractivity contribution in [1.29, 1.82) is 0 Å². The van der Waals surface area contributed by atoms with E-state index in [9.17, 15) is 8.78 Å². The van der Waals surface area contributed by atoms with Gasteiger partial charge < -0.3 is 10.5 Å². The van der Waals surface area contributed by atoms with Crippen molar-refractivity contribution in [2.75, 3.05) is 0 Å². The van der Waals surface area contributed by atoms with E-state index in [0.717, 1.165) is 23.7 Å². The Labute approximate surface area is 122 Å². The second kappa shape index (κ2) is 6.58. The Bertz CT molecular complexity index is 647. The quantitative estimate of drug-likeness (QED) is 0.920. The van der Waals surface area contributed by atoms with E-state index in [2.05, 4.69) is 10.2 Å². The normalized spacial score (nSPS) is 10.7. The number of rotatable bonds is 5. The highest BCUT2D eigenvalue weighted by Gasteiger charge is 2.17. The van der Waals surface area contributed by atoms with Gasteiger partial charge in [-0.15, -0.1) is 5.10 Å². The van der Waals surface area contributed by atoms with Crippen molar-refractivity contribution in [2.45, 2.75) is 33.2 Å². The lowest BCUT2D eigenvalue weighted by Crippen LogP contribution is -2.11. The molecule has 0 bridgehead atoms. The fourth-order valence-electron chi connectivity index (χ4n) is 2.19. The number of aromatic nitrogens is 2. The topological polar surface area (TPSA) is 61.0 Å². The third-order valence-electron chi connectivity index (χ3n) is 3.25. The Hall–Kier alpha value is -2.08. The molecule has 0 aliphatic heterocycles. The van der Waals surface area contributed by atoms with Gasteiger partial charge in [0.1, 0.15) is 0 Å². The third kappa shape index (κ3) is 3.00. The number of nitrogens with zero attached hydrogens (tertiary/aromatic N) is 2. The second-order valence-corrected chi connectivity index (χ2v) is 4.47. The number of nitrogens with two attached hydrogens (primary N) is 1. The Balaban J connectivity index is 2.47. The molecule has 6 heteroatoms. The van der Waals surface area contributed by atoms with Crippen LogP contribution in [0.1, 0.15) is 30.7 Å². The van der Waals surface area contributed by atoms with Crippen LogP contribution in [0.25, 0.3) is 0 Å². The van der Waals surface area contributed by atoms with Crippen LogP contribution in [-0.2, 0) is 19.4 Å². The van der Waals surface area contributed by atoms with Gasteiger partial charge in [0.25, 0.3) is 0 Å². The van der Waals surface area contributed by atoms with Gasteiger partial charge in [0.2, 0.25) is 11.7 Å². The zero-order valence-corrected chi connectivity index (χ0v) is 12.0. The molecule has 2 aromatic rings. The second-order valence-electron chi connectivity index (χ2n) is 4.47. The predicted octanol–water partition coefficient (Wildman–Crippen LogP) is 3.13. The van der Waals surface area contributed by atoms with Crippen LogP contribution in [0.2, 0.25) is 0 Å². The minimum atomic E-state index is -1.06. The van der Waals surface area contributed by atoms with Crippen LogP contribution in [-0.4, -0.2) is 10.2 Å². The van der Waals surface area contributed by atoms with Crippen LogP contribution in [0, 0.1) is 11.6 Å². The Morgan fingerprint density at radius 1 is 1.10 bits per heavy atom. The molecule has 1 aromatic heterocycles. The molecule has 0 amide bonds. The maximum atomic E-state index is 13.7. The van der Waals surface area contributed by atoms with Crippen LogP contribution >= 0.6 is 0 Å². The van der Waals surface area contributed by atoms with Gasteiger partial charge in [0.15, 0.2) is 11.6 Å². The highest BCUT2D eigenvalue weighted by atomic mass is 19.2. The van der Waals surface area contributed by atoms with Crippen molar-refractivity contribution >= 4 is 0 Å². The summed E-state index contributed by atoms with van der Waals surface area (Å²) in [6.07, 6.45) is 1.44. The highest BCUT2D eigenvalue weighted by molar-refractivity contribution is 5.39. The molecule has 0 aliphatic carbocycles. The van der Waals surface area contributed by atoms with Gasteiger partial charge in [-0.1, -0.05) is 19.9 Å². The summed E-state index contributed by atoms with van der Waals surface area (Å²) in [5.41, 5.74) is 8.21. The van der Waals surface area contributed by atoms with Crippen molar-refractivity contribution in [3.8, 4) is 11.6 Å². The Morgan fingerprint density at radius 3 is 2.48 bits per heavy atom. The molecule has 0 aliphatic rings. The van der Waals surface area contributed by atoms with Gasteiger partial charge in [-0.05, 0) is 30.5 Å². The zero-order valence-electron chi connectivity index (χ0n) is 12.0. The smallest absolute Gasteiger partial charge is 0.243 e. The van der Waals surface area contributed by atoms with E-state index in [-0.39, 0.29) is 18.2 Å². The molecule has 1 heterocycles. The molecule has 2 rings (SSSR count). The van der Waals surface area contributed by atoms with E-state index >= 15 is 0 Å². The summed E-state index contributed by atoms with van der Waals surface area (Å²) < 4.78 is 32.3. The molecular weight excluding hydrogens is 276 g/mol. The Kier molecular flexibility index (Phi) is 4.80. The fourth-order valence-corrected chi connectivity index (χ4v) is 2.19. The number of hydrogen-bond donors (Lipinski definition) is 1. The summed E-state index contributed by atoms with van der Waals surface area (Å²) in [4.78, 5) is 0. The van der Waals surface area contributed by atoms with Crippen LogP contribution in [0.4, 0.5) is 8.78 Å². The summed E-state index contributed by atoms with van der Waals surface area (Å²) in [7, 11) is 0. The van der Waals surface area contributed by atoms with Crippen molar-refractivity contribution in [1.82, 2.24) is 10.2 Å². The number of ether oxygens (including phenoxy) is 1. The lowest BCUT2D eigenvalue weighted by molar-refractivity contribution is 0.396. The number of aryl methyl sites for hydroxylation is 1. The third-order valence-corrected chi connectivity index (χ3v) is 3.25. The molecule has 1 aromatic carbocycles. The van der Waals surface area contributed by atoms with E-state index in [1.54, 1.807) is 0 Å². The van der Waals surface area contributed by atoms with Gasteiger partial charge >= 0.3 is 0 Å². The molecule has 112 valence electrons. The monoisotopic (exact) mass is 293 g/mol.